The summed E-state index contributed by atoms with van der Waals surface area (Å²) in [5, 5.41) is 20.8. The molecule has 2 amide bonds. The van der Waals surface area contributed by atoms with Crippen molar-refractivity contribution in [2.24, 2.45) is 0 Å². The molecule has 1 aromatic carbocycles. The summed E-state index contributed by atoms with van der Waals surface area (Å²) in [7, 11) is 0. The van der Waals surface area contributed by atoms with Gasteiger partial charge in [0.05, 0.1) is 6.10 Å². The van der Waals surface area contributed by atoms with Gasteiger partial charge in [0, 0.05) is 12.2 Å². The van der Waals surface area contributed by atoms with Gasteiger partial charge < -0.3 is 15.5 Å². The number of hydrogen-bond acceptors (Lipinski definition) is 3. The molecule has 0 radical (unpaired) electrons. The summed E-state index contributed by atoms with van der Waals surface area (Å²) in [5.41, 5.74) is 1.86. The van der Waals surface area contributed by atoms with Crippen molar-refractivity contribution in [2.75, 3.05) is 11.4 Å². The number of aliphatic carboxylic acids is 1. The van der Waals surface area contributed by atoms with E-state index in [4.69, 9.17) is 5.11 Å². The SMILES string of the molecule is C[C@@H](O)[C@H](NC(=O)N1CCCc2ccccc21)C(=O)O. The van der Waals surface area contributed by atoms with Crippen LogP contribution in [0.5, 0.6) is 0 Å². The number of aliphatic hydroxyl groups excluding tert-OH is 1. The highest BCUT2D eigenvalue weighted by Crippen LogP contribution is 2.26. The number of fused-ring (bicyclic) bond motifs is 1. The number of carbonyl (C=O) groups excluding carboxylic acids is 1. The van der Waals surface area contributed by atoms with Crippen LogP contribution in [-0.4, -0.2) is 40.9 Å². The standard InChI is InChI=1S/C14H18N2O4/c1-9(17)12(13(18)19)15-14(20)16-8-4-6-10-5-2-3-7-11(10)16/h2-3,5,7,9,12,17H,4,6,8H2,1H3,(H,15,20)(H,18,19)/t9-,12+/m1/s1. The van der Waals surface area contributed by atoms with E-state index in [1.54, 1.807) is 0 Å². The Morgan fingerprint density at radius 3 is 2.70 bits per heavy atom. The van der Waals surface area contributed by atoms with Crippen molar-refractivity contribution in [1.29, 1.82) is 0 Å². The van der Waals surface area contributed by atoms with Crippen LogP contribution in [0.3, 0.4) is 0 Å². The molecule has 6 heteroatoms. The predicted octanol–water partition coefficient (Wildman–Crippen LogP) is 0.983. The Morgan fingerprint density at radius 2 is 2.05 bits per heavy atom. The molecule has 20 heavy (non-hydrogen) atoms. The third kappa shape index (κ3) is 2.91. The van der Waals surface area contributed by atoms with Crippen LogP contribution in [0.1, 0.15) is 18.9 Å². The van der Waals surface area contributed by atoms with Crippen molar-refractivity contribution in [3.05, 3.63) is 29.8 Å². The second-order valence-electron chi connectivity index (χ2n) is 4.89. The Morgan fingerprint density at radius 1 is 1.35 bits per heavy atom. The molecule has 0 aliphatic carbocycles. The third-order valence-corrected chi connectivity index (χ3v) is 3.38. The van der Waals surface area contributed by atoms with Crippen molar-refractivity contribution in [1.82, 2.24) is 5.32 Å². The zero-order valence-electron chi connectivity index (χ0n) is 11.2. The summed E-state index contributed by atoms with van der Waals surface area (Å²) in [6.45, 7) is 1.87. The number of aryl methyl sites for hydroxylation is 1. The number of amides is 2. The second kappa shape index (κ2) is 5.92. The quantitative estimate of drug-likeness (QED) is 0.769. The minimum absolute atomic E-state index is 0.495. The molecule has 0 saturated heterocycles. The highest BCUT2D eigenvalue weighted by atomic mass is 16.4. The molecule has 108 valence electrons. The second-order valence-corrected chi connectivity index (χ2v) is 4.89. The third-order valence-electron chi connectivity index (χ3n) is 3.38. The number of rotatable bonds is 3. The molecule has 1 aliphatic heterocycles. The van der Waals surface area contributed by atoms with Crippen LogP contribution < -0.4 is 10.2 Å². The summed E-state index contributed by atoms with van der Waals surface area (Å²) in [4.78, 5) is 24.8. The lowest BCUT2D eigenvalue weighted by Crippen LogP contribution is -2.53. The zero-order valence-corrected chi connectivity index (χ0v) is 11.2. The fraction of sp³-hybridized carbons (Fsp3) is 0.429. The summed E-state index contributed by atoms with van der Waals surface area (Å²) in [6.07, 6.45) is 0.576. The Kier molecular flexibility index (Phi) is 4.24. The van der Waals surface area contributed by atoms with E-state index in [0.717, 1.165) is 24.1 Å². The Bertz CT molecular complexity index is 516. The number of carbonyl (C=O) groups is 2. The molecule has 3 N–H and O–H groups in total. The average Bonchev–Trinajstić information content (AvgIpc) is 2.43. The Labute approximate surface area is 117 Å². The van der Waals surface area contributed by atoms with Gasteiger partial charge in [0.1, 0.15) is 0 Å². The van der Waals surface area contributed by atoms with E-state index in [1.807, 2.05) is 24.3 Å². The van der Waals surface area contributed by atoms with Crippen molar-refractivity contribution < 1.29 is 19.8 Å². The summed E-state index contributed by atoms with van der Waals surface area (Å²) < 4.78 is 0. The molecule has 0 fully saturated rings. The molecule has 1 aromatic rings. The lowest BCUT2D eigenvalue weighted by Gasteiger charge is -2.31. The number of carboxylic acids is 1. The van der Waals surface area contributed by atoms with Crippen LogP contribution >= 0.6 is 0 Å². The number of hydrogen-bond donors (Lipinski definition) is 3. The Balaban J connectivity index is 2.16. The molecule has 1 heterocycles. The molecule has 0 saturated carbocycles. The van der Waals surface area contributed by atoms with E-state index in [2.05, 4.69) is 5.32 Å². The van der Waals surface area contributed by atoms with Crippen LogP contribution in [0, 0.1) is 0 Å². The summed E-state index contributed by atoms with van der Waals surface area (Å²) in [5.74, 6) is -1.25. The maximum Gasteiger partial charge on any atom is 0.328 e. The topological polar surface area (TPSA) is 89.9 Å². The normalized spacial score (nSPS) is 17.0. The number of urea groups is 1. The van der Waals surface area contributed by atoms with Gasteiger partial charge in [-0.3, -0.25) is 4.90 Å². The maximum atomic E-state index is 12.2. The van der Waals surface area contributed by atoms with Gasteiger partial charge in [-0.1, -0.05) is 18.2 Å². The Hall–Kier alpha value is -2.08. The van der Waals surface area contributed by atoms with Crippen molar-refractivity contribution in [2.45, 2.75) is 31.9 Å². The summed E-state index contributed by atoms with van der Waals surface area (Å²) in [6, 6.07) is 5.75. The van der Waals surface area contributed by atoms with E-state index in [0.29, 0.717) is 6.54 Å². The van der Waals surface area contributed by atoms with Crippen LogP contribution in [0.2, 0.25) is 0 Å². The smallest absolute Gasteiger partial charge is 0.328 e. The molecule has 0 aromatic heterocycles. The van der Waals surface area contributed by atoms with Gasteiger partial charge in [-0.05, 0) is 31.4 Å². The van der Waals surface area contributed by atoms with E-state index < -0.39 is 24.1 Å². The number of nitrogens with one attached hydrogen (secondary N) is 1. The fourth-order valence-corrected chi connectivity index (χ4v) is 2.34. The van der Waals surface area contributed by atoms with Gasteiger partial charge in [0.2, 0.25) is 0 Å². The molecule has 2 rings (SSSR count). The van der Waals surface area contributed by atoms with E-state index in [9.17, 15) is 14.7 Å². The molecule has 0 bridgehead atoms. The van der Waals surface area contributed by atoms with Gasteiger partial charge in [0.25, 0.3) is 0 Å². The van der Waals surface area contributed by atoms with Gasteiger partial charge in [-0.2, -0.15) is 0 Å². The molecule has 6 nitrogen and oxygen atoms in total. The first-order valence-corrected chi connectivity index (χ1v) is 6.57. The first-order valence-electron chi connectivity index (χ1n) is 6.57. The van der Waals surface area contributed by atoms with Gasteiger partial charge in [-0.25, -0.2) is 9.59 Å². The van der Waals surface area contributed by atoms with Crippen LogP contribution in [0.25, 0.3) is 0 Å². The van der Waals surface area contributed by atoms with E-state index >= 15 is 0 Å². The lowest BCUT2D eigenvalue weighted by atomic mass is 10.0. The molecule has 0 spiro atoms. The number of aliphatic hydroxyl groups is 1. The van der Waals surface area contributed by atoms with Crippen molar-refractivity contribution in [3.63, 3.8) is 0 Å². The highest BCUT2D eigenvalue weighted by molar-refractivity contribution is 5.95. The number of nitrogens with zero attached hydrogens (tertiary/aromatic N) is 1. The van der Waals surface area contributed by atoms with Gasteiger partial charge in [0.15, 0.2) is 6.04 Å². The number of anilines is 1. The van der Waals surface area contributed by atoms with E-state index in [-0.39, 0.29) is 0 Å². The average molecular weight is 278 g/mol. The van der Waals surface area contributed by atoms with E-state index in [1.165, 1.54) is 11.8 Å². The van der Waals surface area contributed by atoms with Gasteiger partial charge in [-0.15, -0.1) is 0 Å². The summed E-state index contributed by atoms with van der Waals surface area (Å²) >= 11 is 0. The van der Waals surface area contributed by atoms with Crippen LogP contribution in [-0.2, 0) is 11.2 Å². The lowest BCUT2D eigenvalue weighted by molar-refractivity contribution is -0.141. The highest BCUT2D eigenvalue weighted by Gasteiger charge is 2.29. The largest absolute Gasteiger partial charge is 0.480 e. The maximum absolute atomic E-state index is 12.2. The molecule has 0 unspecified atom stereocenters. The minimum Gasteiger partial charge on any atom is -0.480 e. The first kappa shape index (κ1) is 14.3. The first-order chi connectivity index (χ1) is 9.50. The van der Waals surface area contributed by atoms with Crippen LogP contribution in [0.15, 0.2) is 24.3 Å². The molecular formula is C14H18N2O4. The molecule has 2 atom stereocenters. The van der Waals surface area contributed by atoms with Crippen molar-refractivity contribution in [3.8, 4) is 0 Å². The predicted molar refractivity (Wildman–Crippen MR) is 73.7 cm³/mol. The number of carboxylic acid groups (broad SMARTS) is 1. The number of para-hydroxylation sites is 1. The van der Waals surface area contributed by atoms with Gasteiger partial charge >= 0.3 is 12.0 Å². The van der Waals surface area contributed by atoms with Crippen molar-refractivity contribution >= 4 is 17.7 Å². The zero-order chi connectivity index (χ0) is 14.7. The number of benzene rings is 1. The monoisotopic (exact) mass is 278 g/mol. The fourth-order valence-electron chi connectivity index (χ4n) is 2.34. The minimum atomic E-state index is -1.31. The van der Waals surface area contributed by atoms with Crippen LogP contribution in [0.4, 0.5) is 10.5 Å². The molecular weight excluding hydrogens is 260 g/mol. The molecule has 1 aliphatic rings.